The summed E-state index contributed by atoms with van der Waals surface area (Å²) in [5.41, 5.74) is 4.06. The van der Waals surface area contributed by atoms with Gasteiger partial charge in [0.1, 0.15) is 18.0 Å². The number of alkyl halides is 1. The van der Waals surface area contributed by atoms with Crippen LogP contribution in [-0.2, 0) is 19.8 Å². The molecule has 0 radical (unpaired) electrons. The van der Waals surface area contributed by atoms with Gasteiger partial charge in [0.25, 0.3) is 0 Å². The van der Waals surface area contributed by atoms with Crippen molar-refractivity contribution in [1.29, 1.82) is 0 Å². The lowest BCUT2D eigenvalue weighted by atomic mass is 10.1. The van der Waals surface area contributed by atoms with Crippen LogP contribution in [0.5, 0.6) is 0 Å². The second-order valence-electron chi connectivity index (χ2n) is 4.49. The number of hydrogen-bond acceptors (Lipinski definition) is 8. The Morgan fingerprint density at radius 1 is 1.55 bits per heavy atom. The van der Waals surface area contributed by atoms with Crippen LogP contribution >= 0.6 is 7.82 Å². The Hall–Kier alpha value is -1.40. The highest BCUT2D eigenvalue weighted by Crippen LogP contribution is 2.40. The number of anilines is 1. The molecule has 1 aliphatic heterocycles. The number of aliphatic hydroxyl groups is 2. The van der Waals surface area contributed by atoms with Crippen LogP contribution in [0.15, 0.2) is 17.1 Å². The highest BCUT2D eigenvalue weighted by Gasteiger charge is 2.57. The van der Waals surface area contributed by atoms with Gasteiger partial charge in [-0.1, -0.05) is 0 Å². The lowest BCUT2D eigenvalue weighted by Crippen LogP contribution is -2.47. The molecule has 22 heavy (non-hydrogen) atoms. The second kappa shape index (κ2) is 5.66. The van der Waals surface area contributed by atoms with E-state index in [2.05, 4.69) is 9.51 Å². The number of aliphatic hydroxyl groups excluding tert-OH is 2. The molecule has 0 aromatic carbocycles. The minimum atomic E-state index is -4.89. The molecule has 1 aliphatic rings. The number of halogens is 1. The molecule has 6 N–H and O–H groups in total. The van der Waals surface area contributed by atoms with Crippen molar-refractivity contribution in [2.24, 2.45) is 0 Å². The fourth-order valence-corrected chi connectivity index (χ4v) is 2.26. The zero-order valence-electron chi connectivity index (χ0n) is 10.8. The summed E-state index contributed by atoms with van der Waals surface area (Å²) < 4.78 is 34.4. The Morgan fingerprint density at radius 3 is 2.73 bits per heavy atom. The predicted octanol–water partition coefficient (Wildman–Crippen LogP) is -2.36. The van der Waals surface area contributed by atoms with E-state index in [4.69, 9.17) is 20.3 Å². The minimum Gasteiger partial charge on any atom is -0.387 e. The largest absolute Gasteiger partial charge is 0.469 e. The van der Waals surface area contributed by atoms with Crippen molar-refractivity contribution in [1.82, 2.24) is 9.55 Å². The van der Waals surface area contributed by atoms with E-state index < -0.39 is 44.4 Å². The van der Waals surface area contributed by atoms with Gasteiger partial charge in [0.2, 0.25) is 0 Å². The standard InChI is InChI=1S/C9H13FN3O8P/c10-9(13-2-1-5(11)12-8(13)16)7(15)6(14)4(21-9)3-20-22(17,18)19/h1-2,4,6-7,14-15H,3H2,(H2,11,12,16)(H2,17,18,19)/t4-,6-,7-,9+/m1/s1. The summed E-state index contributed by atoms with van der Waals surface area (Å²) in [5.74, 6) is -3.39. The maximum atomic E-state index is 14.8. The molecule has 0 amide bonds. The van der Waals surface area contributed by atoms with Crippen molar-refractivity contribution >= 4 is 13.6 Å². The third-order valence-electron chi connectivity index (χ3n) is 2.95. The van der Waals surface area contributed by atoms with Crippen LogP contribution in [0.25, 0.3) is 0 Å². The van der Waals surface area contributed by atoms with Crippen LogP contribution in [0.3, 0.4) is 0 Å². The van der Waals surface area contributed by atoms with Crippen LogP contribution in [0.2, 0.25) is 0 Å². The van der Waals surface area contributed by atoms with E-state index in [1.54, 1.807) is 0 Å². The summed E-state index contributed by atoms with van der Waals surface area (Å²) >= 11 is 0. The summed E-state index contributed by atoms with van der Waals surface area (Å²) in [6, 6.07) is 1.06. The van der Waals surface area contributed by atoms with E-state index in [-0.39, 0.29) is 10.4 Å². The van der Waals surface area contributed by atoms with Gasteiger partial charge in [0, 0.05) is 6.20 Å². The number of nitrogens with two attached hydrogens (primary N) is 1. The molecule has 0 spiro atoms. The topological polar surface area (TPSA) is 177 Å². The van der Waals surface area contributed by atoms with Gasteiger partial charge < -0.3 is 30.5 Å². The van der Waals surface area contributed by atoms with Gasteiger partial charge in [0.05, 0.1) is 6.61 Å². The summed E-state index contributed by atoms with van der Waals surface area (Å²) in [7, 11) is -4.89. The number of aromatic nitrogens is 2. The maximum absolute atomic E-state index is 14.8. The number of phosphoric acid groups is 1. The van der Waals surface area contributed by atoms with Crippen LogP contribution in [0, 0.1) is 0 Å². The molecule has 4 atom stereocenters. The zero-order chi connectivity index (χ0) is 16.7. The quantitative estimate of drug-likeness (QED) is 0.372. The first kappa shape index (κ1) is 17.0. The van der Waals surface area contributed by atoms with Crippen LogP contribution in [-0.4, -0.2) is 54.5 Å². The fraction of sp³-hybridized carbons (Fsp3) is 0.556. The van der Waals surface area contributed by atoms with Gasteiger partial charge >= 0.3 is 19.5 Å². The molecule has 0 bridgehead atoms. The van der Waals surface area contributed by atoms with Gasteiger partial charge in [-0.15, -0.1) is 0 Å². The van der Waals surface area contributed by atoms with Crippen molar-refractivity contribution in [3.05, 3.63) is 22.7 Å². The van der Waals surface area contributed by atoms with Crippen LogP contribution in [0.1, 0.15) is 0 Å². The number of ether oxygens (including phenoxy) is 1. The van der Waals surface area contributed by atoms with Gasteiger partial charge in [-0.25, -0.2) is 13.9 Å². The van der Waals surface area contributed by atoms with Crippen molar-refractivity contribution in [2.75, 3.05) is 12.3 Å². The highest BCUT2D eigenvalue weighted by atomic mass is 31.2. The molecular formula is C9H13FN3O8P. The van der Waals surface area contributed by atoms with Gasteiger partial charge in [-0.3, -0.25) is 4.52 Å². The average molecular weight is 341 g/mol. The molecule has 0 saturated carbocycles. The van der Waals surface area contributed by atoms with Crippen LogP contribution < -0.4 is 11.4 Å². The predicted molar refractivity (Wildman–Crippen MR) is 66.9 cm³/mol. The molecular weight excluding hydrogens is 328 g/mol. The summed E-state index contributed by atoms with van der Waals surface area (Å²) in [6.45, 7) is -0.911. The van der Waals surface area contributed by atoms with Crippen molar-refractivity contribution in [3.63, 3.8) is 0 Å². The summed E-state index contributed by atoms with van der Waals surface area (Å²) in [5, 5.41) is 19.4. The first-order valence-corrected chi connectivity index (χ1v) is 7.36. The summed E-state index contributed by atoms with van der Waals surface area (Å²) in [6.07, 6.45) is -4.90. The Labute approximate surface area is 122 Å². The minimum absolute atomic E-state index is 0.195. The molecule has 0 aliphatic carbocycles. The van der Waals surface area contributed by atoms with E-state index in [0.29, 0.717) is 0 Å². The number of nitrogen functional groups attached to an aromatic ring is 1. The molecule has 11 nitrogen and oxygen atoms in total. The highest BCUT2D eigenvalue weighted by molar-refractivity contribution is 7.46. The van der Waals surface area contributed by atoms with E-state index in [0.717, 1.165) is 12.3 Å². The van der Waals surface area contributed by atoms with E-state index in [1.165, 1.54) is 0 Å². The number of hydrogen-bond donors (Lipinski definition) is 5. The Bertz CT molecular complexity index is 665. The molecule has 0 unspecified atom stereocenters. The van der Waals surface area contributed by atoms with Gasteiger partial charge in [-0.05, 0) is 6.07 Å². The SMILES string of the molecule is Nc1ccn([C@]2(F)O[C@H](COP(=O)(O)O)[C@@H](O)[C@H]2O)c(=O)n1. The number of phosphoric ester groups is 1. The van der Waals surface area contributed by atoms with Crippen LogP contribution in [0.4, 0.5) is 10.2 Å². The fourth-order valence-electron chi connectivity index (χ4n) is 1.92. The molecule has 1 aromatic rings. The first-order chi connectivity index (χ1) is 10.0. The molecule has 2 heterocycles. The first-order valence-electron chi connectivity index (χ1n) is 5.83. The molecule has 1 fully saturated rings. The molecule has 2 rings (SSSR count). The monoisotopic (exact) mass is 341 g/mol. The molecule has 124 valence electrons. The average Bonchev–Trinajstić information content (AvgIpc) is 2.61. The maximum Gasteiger partial charge on any atom is 0.469 e. The smallest absolute Gasteiger partial charge is 0.387 e. The number of rotatable bonds is 4. The van der Waals surface area contributed by atoms with E-state index in [9.17, 15) is 24.0 Å². The normalized spacial score (nSPS) is 32.3. The second-order valence-corrected chi connectivity index (χ2v) is 5.73. The van der Waals surface area contributed by atoms with E-state index >= 15 is 0 Å². The van der Waals surface area contributed by atoms with Crippen molar-refractivity contribution < 1.29 is 38.2 Å². The van der Waals surface area contributed by atoms with Gasteiger partial charge in [0.15, 0.2) is 6.10 Å². The number of nitrogens with zero attached hydrogens (tertiary/aromatic N) is 2. The van der Waals surface area contributed by atoms with Gasteiger partial charge in [-0.2, -0.15) is 9.37 Å². The summed E-state index contributed by atoms with van der Waals surface area (Å²) in [4.78, 5) is 32.0. The molecule has 1 aromatic heterocycles. The Morgan fingerprint density at radius 2 is 2.18 bits per heavy atom. The Kier molecular flexibility index (Phi) is 4.37. The third-order valence-corrected chi connectivity index (χ3v) is 3.43. The molecule has 1 saturated heterocycles. The zero-order valence-corrected chi connectivity index (χ0v) is 11.7. The third kappa shape index (κ3) is 3.17. The lowest BCUT2D eigenvalue weighted by molar-refractivity contribution is -0.239. The molecule has 13 heteroatoms. The van der Waals surface area contributed by atoms with Crippen molar-refractivity contribution in [3.8, 4) is 0 Å². The van der Waals surface area contributed by atoms with E-state index in [1.807, 2.05) is 0 Å². The lowest BCUT2D eigenvalue weighted by Gasteiger charge is -2.24. The Balaban J connectivity index is 2.28. The van der Waals surface area contributed by atoms with Crippen molar-refractivity contribution in [2.45, 2.75) is 24.3 Å².